The molecule has 2 amide bonds. The van der Waals surface area contributed by atoms with Crippen LogP contribution in [0.1, 0.15) is 47.5 Å². The summed E-state index contributed by atoms with van der Waals surface area (Å²) in [6.45, 7) is 1.89. The Morgan fingerprint density at radius 1 is 1.24 bits per heavy atom. The van der Waals surface area contributed by atoms with Crippen molar-refractivity contribution in [3.63, 3.8) is 0 Å². The molecule has 1 aliphatic rings. The first-order valence-corrected chi connectivity index (χ1v) is 11.0. The molecule has 29 heavy (non-hydrogen) atoms. The SMILES string of the molecule is Cc1nn(-c2ccccc2Cl)c2sc(C(=O)NCC(=O)NC3CCCCC3)cc12. The highest BCUT2D eigenvalue weighted by molar-refractivity contribution is 7.20. The number of aryl methyl sites for hydroxylation is 1. The number of carbonyl (C=O) groups is 2. The van der Waals surface area contributed by atoms with Gasteiger partial charge in [0.25, 0.3) is 5.91 Å². The lowest BCUT2D eigenvalue weighted by Gasteiger charge is -2.22. The minimum absolute atomic E-state index is 0.0147. The summed E-state index contributed by atoms with van der Waals surface area (Å²) < 4.78 is 1.77. The first-order valence-electron chi connectivity index (χ1n) is 9.84. The van der Waals surface area contributed by atoms with Gasteiger partial charge < -0.3 is 10.6 Å². The third-order valence-electron chi connectivity index (χ3n) is 5.23. The molecule has 0 aliphatic heterocycles. The summed E-state index contributed by atoms with van der Waals surface area (Å²) in [6, 6.07) is 9.53. The van der Waals surface area contributed by atoms with Gasteiger partial charge in [-0.05, 0) is 38.0 Å². The number of hydrogen-bond donors (Lipinski definition) is 2. The fourth-order valence-corrected chi connectivity index (χ4v) is 5.03. The summed E-state index contributed by atoms with van der Waals surface area (Å²) in [7, 11) is 0. The molecule has 2 aromatic heterocycles. The zero-order chi connectivity index (χ0) is 20.4. The number of amides is 2. The van der Waals surface area contributed by atoms with Gasteiger partial charge in [-0.3, -0.25) is 9.59 Å². The number of nitrogens with one attached hydrogen (secondary N) is 2. The van der Waals surface area contributed by atoms with Crippen molar-refractivity contribution in [3.05, 3.63) is 45.9 Å². The number of rotatable bonds is 5. The minimum atomic E-state index is -0.255. The summed E-state index contributed by atoms with van der Waals surface area (Å²) >= 11 is 7.66. The van der Waals surface area contributed by atoms with Crippen molar-refractivity contribution >= 4 is 45.0 Å². The normalized spacial score (nSPS) is 14.8. The molecule has 1 aliphatic carbocycles. The van der Waals surface area contributed by atoms with Gasteiger partial charge in [0.1, 0.15) is 4.83 Å². The number of carbonyl (C=O) groups excluding carboxylic acids is 2. The van der Waals surface area contributed by atoms with Crippen molar-refractivity contribution in [1.29, 1.82) is 0 Å². The van der Waals surface area contributed by atoms with Crippen molar-refractivity contribution < 1.29 is 9.59 Å². The molecular weight excluding hydrogens is 408 g/mol. The number of hydrogen-bond acceptors (Lipinski definition) is 4. The molecule has 3 aromatic rings. The smallest absolute Gasteiger partial charge is 0.261 e. The largest absolute Gasteiger partial charge is 0.352 e. The quantitative estimate of drug-likeness (QED) is 0.636. The second-order valence-electron chi connectivity index (χ2n) is 7.36. The molecule has 6 nitrogen and oxygen atoms in total. The summed E-state index contributed by atoms with van der Waals surface area (Å²) in [5, 5.41) is 11.8. The summed E-state index contributed by atoms with van der Waals surface area (Å²) in [5.74, 6) is -0.389. The maximum atomic E-state index is 12.6. The monoisotopic (exact) mass is 430 g/mol. The van der Waals surface area contributed by atoms with E-state index in [1.807, 2.05) is 37.3 Å². The van der Waals surface area contributed by atoms with Gasteiger partial charge in [0.15, 0.2) is 0 Å². The molecule has 8 heteroatoms. The van der Waals surface area contributed by atoms with Crippen LogP contribution in [0.3, 0.4) is 0 Å². The fraction of sp³-hybridized carbons (Fsp3) is 0.381. The lowest BCUT2D eigenvalue weighted by atomic mass is 9.95. The Kier molecular flexibility index (Phi) is 5.87. The highest BCUT2D eigenvalue weighted by Crippen LogP contribution is 2.32. The van der Waals surface area contributed by atoms with Gasteiger partial charge >= 0.3 is 0 Å². The molecule has 4 rings (SSSR count). The molecule has 0 radical (unpaired) electrons. The Morgan fingerprint density at radius 3 is 2.76 bits per heavy atom. The first-order chi connectivity index (χ1) is 14.0. The van der Waals surface area contributed by atoms with E-state index in [1.165, 1.54) is 17.8 Å². The third-order valence-corrected chi connectivity index (χ3v) is 6.66. The molecule has 0 bridgehead atoms. The van der Waals surface area contributed by atoms with E-state index >= 15 is 0 Å². The highest BCUT2D eigenvalue weighted by atomic mass is 35.5. The van der Waals surface area contributed by atoms with Crippen LogP contribution < -0.4 is 10.6 Å². The number of thiophene rings is 1. The van der Waals surface area contributed by atoms with Gasteiger partial charge in [-0.25, -0.2) is 4.68 Å². The van der Waals surface area contributed by atoms with Crippen LogP contribution in [0.15, 0.2) is 30.3 Å². The Labute approximate surface area is 178 Å². The number of halogens is 1. The van der Waals surface area contributed by atoms with E-state index in [4.69, 9.17) is 11.6 Å². The van der Waals surface area contributed by atoms with E-state index in [1.54, 1.807) is 4.68 Å². The van der Waals surface area contributed by atoms with Crippen LogP contribution in [-0.2, 0) is 4.79 Å². The molecule has 2 heterocycles. The molecule has 2 N–H and O–H groups in total. The van der Waals surface area contributed by atoms with E-state index < -0.39 is 0 Å². The molecule has 1 fully saturated rings. The van der Waals surface area contributed by atoms with Crippen molar-refractivity contribution in [2.45, 2.75) is 45.1 Å². The highest BCUT2D eigenvalue weighted by Gasteiger charge is 2.20. The fourth-order valence-electron chi connectivity index (χ4n) is 3.72. The van der Waals surface area contributed by atoms with Crippen LogP contribution in [0.5, 0.6) is 0 Å². The van der Waals surface area contributed by atoms with Gasteiger partial charge in [-0.2, -0.15) is 5.10 Å². The summed E-state index contributed by atoms with van der Waals surface area (Å²) in [5.41, 5.74) is 1.60. The average molecular weight is 431 g/mol. The maximum absolute atomic E-state index is 12.6. The van der Waals surface area contributed by atoms with E-state index in [9.17, 15) is 9.59 Å². The maximum Gasteiger partial charge on any atom is 0.261 e. The Bertz CT molecular complexity index is 1050. The van der Waals surface area contributed by atoms with Crippen LogP contribution in [0.4, 0.5) is 0 Å². The Balaban J connectivity index is 1.46. The first kappa shape index (κ1) is 19.9. The second kappa shape index (κ2) is 8.55. The second-order valence-corrected chi connectivity index (χ2v) is 8.80. The van der Waals surface area contributed by atoms with Crippen molar-refractivity contribution in [3.8, 4) is 5.69 Å². The van der Waals surface area contributed by atoms with E-state index in [-0.39, 0.29) is 24.4 Å². The van der Waals surface area contributed by atoms with Crippen molar-refractivity contribution in [1.82, 2.24) is 20.4 Å². The molecule has 0 atom stereocenters. The Morgan fingerprint density at radius 2 is 2.00 bits per heavy atom. The molecule has 0 unspecified atom stereocenters. The standard InChI is InChI=1S/C21H23ClN4O2S/c1-13-15-11-18(20(28)23-12-19(27)24-14-7-3-2-4-8-14)29-21(15)26(25-13)17-10-6-5-9-16(17)22/h5-6,9-11,14H,2-4,7-8,12H2,1H3,(H,23,28)(H,24,27). The number of fused-ring (bicyclic) bond motifs is 1. The summed E-state index contributed by atoms with van der Waals surface area (Å²) in [6.07, 6.45) is 5.59. The molecule has 1 saturated carbocycles. The van der Waals surface area contributed by atoms with Gasteiger partial charge in [-0.1, -0.05) is 43.0 Å². The number of benzene rings is 1. The van der Waals surface area contributed by atoms with Crippen molar-refractivity contribution in [2.75, 3.05) is 6.54 Å². The van der Waals surface area contributed by atoms with Crippen LogP contribution in [0.2, 0.25) is 5.02 Å². The van der Waals surface area contributed by atoms with E-state index in [2.05, 4.69) is 15.7 Å². The topological polar surface area (TPSA) is 76.0 Å². The summed E-state index contributed by atoms with van der Waals surface area (Å²) in [4.78, 5) is 26.1. The number of aromatic nitrogens is 2. The van der Waals surface area contributed by atoms with Crippen LogP contribution in [0, 0.1) is 6.92 Å². The zero-order valence-electron chi connectivity index (χ0n) is 16.2. The lowest BCUT2D eigenvalue weighted by Crippen LogP contribution is -2.42. The van der Waals surface area contributed by atoms with Gasteiger partial charge in [0.2, 0.25) is 5.91 Å². The van der Waals surface area contributed by atoms with Crippen LogP contribution >= 0.6 is 22.9 Å². The molecular formula is C21H23ClN4O2S. The average Bonchev–Trinajstić information content (AvgIpc) is 3.28. The third kappa shape index (κ3) is 4.31. The molecule has 0 spiro atoms. The van der Waals surface area contributed by atoms with Gasteiger partial charge in [-0.15, -0.1) is 11.3 Å². The predicted octanol–water partition coefficient (Wildman–Crippen LogP) is 4.23. The number of para-hydroxylation sites is 1. The van der Waals surface area contributed by atoms with Crippen molar-refractivity contribution in [2.24, 2.45) is 0 Å². The van der Waals surface area contributed by atoms with Crippen LogP contribution in [-0.4, -0.2) is 34.2 Å². The lowest BCUT2D eigenvalue weighted by molar-refractivity contribution is -0.121. The Hall–Kier alpha value is -2.38. The molecule has 1 aromatic carbocycles. The van der Waals surface area contributed by atoms with Crippen LogP contribution in [0.25, 0.3) is 15.9 Å². The van der Waals surface area contributed by atoms with E-state index in [0.29, 0.717) is 9.90 Å². The van der Waals surface area contributed by atoms with Gasteiger partial charge in [0, 0.05) is 11.4 Å². The predicted molar refractivity (Wildman–Crippen MR) is 116 cm³/mol. The minimum Gasteiger partial charge on any atom is -0.352 e. The van der Waals surface area contributed by atoms with Gasteiger partial charge in [0.05, 0.1) is 27.8 Å². The van der Waals surface area contributed by atoms with E-state index in [0.717, 1.165) is 47.3 Å². The zero-order valence-corrected chi connectivity index (χ0v) is 17.8. The molecule has 0 saturated heterocycles. The number of nitrogens with zero attached hydrogens (tertiary/aromatic N) is 2. The molecule has 152 valence electrons.